The van der Waals surface area contributed by atoms with E-state index in [2.05, 4.69) is 5.32 Å². The molecule has 2 aromatic heterocycles. The third-order valence-electron chi connectivity index (χ3n) is 4.67. The number of fused-ring (bicyclic) bond motifs is 1. The van der Waals surface area contributed by atoms with Crippen LogP contribution in [0.2, 0.25) is 10.0 Å². The fourth-order valence-corrected chi connectivity index (χ4v) is 5.04. The molecule has 1 aliphatic rings. The fraction of sp³-hybridized carbons (Fsp3) is 0.200. The summed E-state index contributed by atoms with van der Waals surface area (Å²) in [6.07, 6.45) is 3.78. The minimum Gasteiger partial charge on any atom is -0.451 e. The molecule has 144 valence electrons. The minimum atomic E-state index is -0.527. The molecule has 1 aliphatic carbocycles. The van der Waals surface area contributed by atoms with Gasteiger partial charge in [-0.05, 0) is 61.6 Å². The van der Waals surface area contributed by atoms with Gasteiger partial charge in [-0.1, -0.05) is 23.2 Å². The number of nitrogens with one attached hydrogen (secondary N) is 1. The topological polar surface area (TPSA) is 85.3 Å². The molecule has 2 amide bonds. The summed E-state index contributed by atoms with van der Waals surface area (Å²) < 4.78 is 5.68. The second kappa shape index (κ2) is 7.62. The zero-order chi connectivity index (χ0) is 19.8. The van der Waals surface area contributed by atoms with Crippen molar-refractivity contribution in [2.75, 3.05) is 5.32 Å². The van der Waals surface area contributed by atoms with Crippen molar-refractivity contribution in [3.63, 3.8) is 0 Å². The first-order valence-corrected chi connectivity index (χ1v) is 10.3. The van der Waals surface area contributed by atoms with Crippen LogP contribution in [0.5, 0.6) is 0 Å². The van der Waals surface area contributed by atoms with Crippen LogP contribution in [0, 0.1) is 0 Å². The lowest BCUT2D eigenvalue weighted by Gasteiger charge is -2.11. The number of nitrogens with two attached hydrogens (primary N) is 1. The van der Waals surface area contributed by atoms with E-state index in [9.17, 15) is 9.59 Å². The van der Waals surface area contributed by atoms with Gasteiger partial charge in [0.2, 0.25) is 0 Å². The van der Waals surface area contributed by atoms with Gasteiger partial charge in [0.1, 0.15) is 10.8 Å². The van der Waals surface area contributed by atoms with E-state index in [0.717, 1.165) is 36.1 Å². The van der Waals surface area contributed by atoms with Crippen LogP contribution >= 0.6 is 34.5 Å². The van der Waals surface area contributed by atoms with Crippen LogP contribution in [-0.2, 0) is 12.8 Å². The maximum absolute atomic E-state index is 12.7. The highest BCUT2D eigenvalue weighted by molar-refractivity contribution is 7.17. The molecule has 28 heavy (non-hydrogen) atoms. The first-order chi connectivity index (χ1) is 13.4. The number of furan rings is 1. The molecule has 0 fully saturated rings. The van der Waals surface area contributed by atoms with Gasteiger partial charge in [0, 0.05) is 15.5 Å². The maximum Gasteiger partial charge on any atom is 0.292 e. The van der Waals surface area contributed by atoms with Crippen molar-refractivity contribution < 1.29 is 14.0 Å². The first-order valence-electron chi connectivity index (χ1n) is 8.75. The number of hydrogen-bond acceptors (Lipinski definition) is 4. The van der Waals surface area contributed by atoms with Crippen molar-refractivity contribution in [2.45, 2.75) is 25.7 Å². The van der Waals surface area contributed by atoms with E-state index in [1.165, 1.54) is 11.3 Å². The molecule has 3 N–H and O–H groups in total. The molecule has 4 rings (SSSR count). The largest absolute Gasteiger partial charge is 0.451 e. The molecule has 5 nitrogen and oxygen atoms in total. The Morgan fingerprint density at radius 3 is 2.68 bits per heavy atom. The van der Waals surface area contributed by atoms with Gasteiger partial charge in [-0.2, -0.15) is 0 Å². The lowest BCUT2D eigenvalue weighted by Crippen LogP contribution is -2.18. The number of thiophene rings is 1. The van der Waals surface area contributed by atoms with Gasteiger partial charge in [-0.15, -0.1) is 11.3 Å². The highest BCUT2D eigenvalue weighted by Gasteiger charge is 2.26. The summed E-state index contributed by atoms with van der Waals surface area (Å²) >= 11 is 13.6. The Morgan fingerprint density at radius 2 is 1.89 bits per heavy atom. The normalized spacial score (nSPS) is 13.2. The van der Waals surface area contributed by atoms with Crippen molar-refractivity contribution in [1.29, 1.82) is 0 Å². The third-order valence-corrected chi connectivity index (χ3v) is 6.44. The number of anilines is 1. The summed E-state index contributed by atoms with van der Waals surface area (Å²) in [5, 5.41) is 4.23. The summed E-state index contributed by atoms with van der Waals surface area (Å²) in [4.78, 5) is 25.8. The zero-order valence-electron chi connectivity index (χ0n) is 14.7. The molecule has 0 spiro atoms. The standard InChI is InChI=1S/C20H16Cl2N2O3S/c21-10-5-6-13(22)12(9-10)14-7-8-15(27-14)19(26)24-20-17(18(23)25)11-3-1-2-4-16(11)28-20/h5-9H,1-4H2,(H2,23,25)(H,24,26). The van der Waals surface area contributed by atoms with Gasteiger partial charge in [0.15, 0.2) is 5.76 Å². The molecule has 0 radical (unpaired) electrons. The summed E-state index contributed by atoms with van der Waals surface area (Å²) in [6, 6.07) is 8.22. The lowest BCUT2D eigenvalue weighted by molar-refractivity contribution is 0.0997. The minimum absolute atomic E-state index is 0.104. The predicted molar refractivity (Wildman–Crippen MR) is 112 cm³/mol. The van der Waals surface area contributed by atoms with Crippen molar-refractivity contribution in [1.82, 2.24) is 0 Å². The predicted octanol–water partition coefficient (Wildman–Crippen LogP) is 5.54. The zero-order valence-corrected chi connectivity index (χ0v) is 17.0. The Bertz CT molecular complexity index is 1090. The number of benzene rings is 1. The quantitative estimate of drug-likeness (QED) is 0.564. The monoisotopic (exact) mass is 434 g/mol. The van der Waals surface area contributed by atoms with E-state index in [4.69, 9.17) is 33.4 Å². The summed E-state index contributed by atoms with van der Waals surface area (Å²) in [6.45, 7) is 0. The molecule has 0 aliphatic heterocycles. The van der Waals surface area contributed by atoms with E-state index < -0.39 is 11.8 Å². The number of primary amides is 1. The highest BCUT2D eigenvalue weighted by atomic mass is 35.5. The van der Waals surface area contributed by atoms with Crippen molar-refractivity contribution >= 4 is 51.4 Å². The number of carbonyl (C=O) groups excluding carboxylic acids is 2. The van der Waals surface area contributed by atoms with Crippen LogP contribution < -0.4 is 11.1 Å². The number of hydrogen-bond donors (Lipinski definition) is 2. The van der Waals surface area contributed by atoms with Crippen molar-refractivity contribution in [3.8, 4) is 11.3 Å². The van der Waals surface area contributed by atoms with E-state index in [0.29, 0.717) is 31.9 Å². The van der Waals surface area contributed by atoms with Gasteiger partial charge in [-0.25, -0.2) is 0 Å². The number of rotatable bonds is 4. The molecule has 0 atom stereocenters. The Balaban J connectivity index is 1.62. The molecule has 0 bridgehead atoms. The molecule has 1 aromatic carbocycles. The second-order valence-corrected chi connectivity index (χ2v) is 8.47. The first kappa shape index (κ1) is 19.1. The highest BCUT2D eigenvalue weighted by Crippen LogP contribution is 2.38. The molecule has 8 heteroatoms. The molecule has 0 saturated heterocycles. The van der Waals surface area contributed by atoms with Gasteiger partial charge in [0.05, 0.1) is 10.6 Å². The molecule has 0 unspecified atom stereocenters. The summed E-state index contributed by atoms with van der Waals surface area (Å²) in [7, 11) is 0. The van der Waals surface area contributed by atoms with Gasteiger partial charge >= 0.3 is 0 Å². The smallest absolute Gasteiger partial charge is 0.292 e. The van der Waals surface area contributed by atoms with Crippen molar-refractivity contribution in [3.05, 3.63) is 62.1 Å². The molecular weight excluding hydrogens is 419 g/mol. The van der Waals surface area contributed by atoms with Gasteiger partial charge < -0.3 is 15.5 Å². The van der Waals surface area contributed by atoms with Crippen molar-refractivity contribution in [2.24, 2.45) is 5.73 Å². The van der Waals surface area contributed by atoms with Crippen LogP contribution in [0.15, 0.2) is 34.7 Å². The number of halogens is 2. The van der Waals surface area contributed by atoms with Crippen LogP contribution in [0.1, 0.15) is 44.2 Å². The molecular formula is C20H16Cl2N2O3S. The van der Waals surface area contributed by atoms with E-state index in [-0.39, 0.29) is 5.76 Å². The Labute approximate surface area is 175 Å². The van der Waals surface area contributed by atoms with Gasteiger partial charge in [0.25, 0.3) is 11.8 Å². The second-order valence-electron chi connectivity index (χ2n) is 6.52. The fourth-order valence-electron chi connectivity index (χ4n) is 3.37. The number of aryl methyl sites for hydroxylation is 1. The summed E-state index contributed by atoms with van der Waals surface area (Å²) in [5.41, 5.74) is 7.55. The molecule has 0 saturated carbocycles. The average Bonchev–Trinajstić information content (AvgIpc) is 3.28. The van der Waals surface area contributed by atoms with Crippen LogP contribution in [0.3, 0.4) is 0 Å². The van der Waals surface area contributed by atoms with Crippen LogP contribution in [0.25, 0.3) is 11.3 Å². The Hall–Kier alpha value is -2.28. The molecule has 2 heterocycles. The number of carbonyl (C=O) groups is 2. The van der Waals surface area contributed by atoms with Gasteiger partial charge in [-0.3, -0.25) is 9.59 Å². The lowest BCUT2D eigenvalue weighted by atomic mass is 9.95. The SMILES string of the molecule is NC(=O)c1c(NC(=O)c2ccc(-c3cc(Cl)ccc3Cl)o2)sc2c1CCCC2. The van der Waals surface area contributed by atoms with Crippen LogP contribution in [-0.4, -0.2) is 11.8 Å². The summed E-state index contributed by atoms with van der Waals surface area (Å²) in [5.74, 6) is -0.447. The number of amides is 2. The Morgan fingerprint density at radius 1 is 1.11 bits per heavy atom. The maximum atomic E-state index is 12.7. The van der Waals surface area contributed by atoms with E-state index in [1.807, 2.05) is 0 Å². The Kier molecular flexibility index (Phi) is 5.19. The van der Waals surface area contributed by atoms with Crippen LogP contribution in [0.4, 0.5) is 5.00 Å². The average molecular weight is 435 g/mol. The third kappa shape index (κ3) is 3.55. The molecule has 3 aromatic rings. The van der Waals surface area contributed by atoms with E-state index >= 15 is 0 Å². The van der Waals surface area contributed by atoms with E-state index in [1.54, 1.807) is 30.3 Å².